The molecule has 0 atom stereocenters. The molecule has 0 aliphatic rings. The maximum absolute atomic E-state index is 12.0. The molecule has 0 spiro atoms. The van der Waals surface area contributed by atoms with Crippen LogP contribution in [0.1, 0.15) is 0 Å². The first-order chi connectivity index (χ1) is 8.53. The van der Waals surface area contributed by atoms with E-state index < -0.39 is 10.0 Å². The van der Waals surface area contributed by atoms with Crippen molar-refractivity contribution in [1.29, 1.82) is 0 Å². The number of anilines is 2. The van der Waals surface area contributed by atoms with Crippen molar-refractivity contribution in [3.8, 4) is 5.75 Å². The summed E-state index contributed by atoms with van der Waals surface area (Å²) in [5.41, 5.74) is 5.89. The Morgan fingerprint density at radius 3 is 2.72 bits per heavy atom. The summed E-state index contributed by atoms with van der Waals surface area (Å²) < 4.78 is 35.7. The number of nitrogens with one attached hydrogen (secondary N) is 1. The van der Waals surface area contributed by atoms with Gasteiger partial charge in [-0.05, 0) is 18.2 Å². The van der Waals surface area contributed by atoms with Crippen LogP contribution in [-0.2, 0) is 10.0 Å². The fraction of sp³-hybridized carbons (Fsp3) is 0.100. The Morgan fingerprint density at radius 2 is 2.17 bits per heavy atom. The van der Waals surface area contributed by atoms with Crippen LogP contribution in [0.3, 0.4) is 0 Å². The summed E-state index contributed by atoms with van der Waals surface area (Å²) in [6.07, 6.45) is 1.26. The maximum atomic E-state index is 12.0. The quantitative estimate of drug-likeness (QED) is 0.804. The summed E-state index contributed by atoms with van der Waals surface area (Å²) >= 11 is 0. The van der Waals surface area contributed by atoms with E-state index in [9.17, 15) is 8.42 Å². The minimum Gasteiger partial charge on any atom is -0.495 e. The Balaban J connectivity index is 2.33. The second-order valence-corrected chi connectivity index (χ2v) is 5.08. The fourth-order valence-electron chi connectivity index (χ4n) is 1.34. The molecule has 7 nitrogen and oxygen atoms in total. The normalized spacial score (nSPS) is 11.2. The Kier molecular flexibility index (Phi) is 3.11. The average molecular weight is 269 g/mol. The van der Waals surface area contributed by atoms with E-state index in [4.69, 9.17) is 10.5 Å². The molecule has 2 aromatic rings. The number of aromatic nitrogens is 1. The van der Waals surface area contributed by atoms with E-state index in [-0.39, 0.29) is 16.4 Å². The summed E-state index contributed by atoms with van der Waals surface area (Å²) in [6, 6.07) is 5.57. The Bertz CT molecular complexity index is 637. The van der Waals surface area contributed by atoms with Crippen molar-refractivity contribution in [3.05, 3.63) is 30.5 Å². The summed E-state index contributed by atoms with van der Waals surface area (Å²) in [5.74, 6) is 0.514. The zero-order valence-corrected chi connectivity index (χ0v) is 10.3. The average Bonchev–Trinajstić information content (AvgIpc) is 2.81. The molecule has 0 aliphatic carbocycles. The van der Waals surface area contributed by atoms with Crippen molar-refractivity contribution < 1.29 is 17.7 Å². The monoisotopic (exact) mass is 269 g/mol. The van der Waals surface area contributed by atoms with Crippen LogP contribution in [0.2, 0.25) is 0 Å². The van der Waals surface area contributed by atoms with Crippen LogP contribution >= 0.6 is 0 Å². The lowest BCUT2D eigenvalue weighted by atomic mass is 10.3. The largest absolute Gasteiger partial charge is 0.495 e. The fourth-order valence-corrected chi connectivity index (χ4v) is 2.37. The molecule has 0 aliphatic heterocycles. The Hall–Kier alpha value is -2.22. The number of hydrogen-bond acceptors (Lipinski definition) is 6. The van der Waals surface area contributed by atoms with Gasteiger partial charge in [0.05, 0.1) is 17.7 Å². The van der Waals surface area contributed by atoms with E-state index in [0.717, 1.165) is 0 Å². The van der Waals surface area contributed by atoms with Gasteiger partial charge in [-0.15, -0.1) is 0 Å². The molecule has 8 heteroatoms. The number of benzene rings is 1. The van der Waals surface area contributed by atoms with Gasteiger partial charge >= 0.3 is 0 Å². The van der Waals surface area contributed by atoms with E-state index in [1.807, 2.05) is 0 Å². The van der Waals surface area contributed by atoms with E-state index in [1.165, 1.54) is 37.6 Å². The lowest BCUT2D eigenvalue weighted by Gasteiger charge is -2.08. The third kappa shape index (κ3) is 2.38. The number of ether oxygens (including phenoxy) is 1. The minimum atomic E-state index is -3.74. The number of nitrogens with two attached hydrogens (primary N) is 1. The van der Waals surface area contributed by atoms with Crippen LogP contribution in [0.5, 0.6) is 5.75 Å². The molecule has 0 saturated carbocycles. The lowest BCUT2D eigenvalue weighted by Crippen LogP contribution is -2.13. The molecule has 0 saturated heterocycles. The van der Waals surface area contributed by atoms with Crippen LogP contribution in [0.25, 0.3) is 0 Å². The van der Waals surface area contributed by atoms with Crippen molar-refractivity contribution in [1.82, 2.24) is 5.16 Å². The second-order valence-electron chi connectivity index (χ2n) is 3.39. The summed E-state index contributed by atoms with van der Waals surface area (Å²) in [4.78, 5) is 0.0174. The standard InChI is InChI=1S/C10H11N3O4S/c1-16-9-3-2-7(6-8(9)11)18(14,15)13-10-4-5-17-12-10/h2-6H,11H2,1H3,(H,12,13). The molecular formula is C10H11N3O4S. The third-order valence-electron chi connectivity index (χ3n) is 2.19. The van der Waals surface area contributed by atoms with Gasteiger partial charge in [-0.1, -0.05) is 5.16 Å². The Morgan fingerprint density at radius 1 is 1.39 bits per heavy atom. The van der Waals surface area contributed by atoms with E-state index in [2.05, 4.69) is 14.4 Å². The molecule has 0 fully saturated rings. The van der Waals surface area contributed by atoms with Gasteiger partial charge in [-0.25, -0.2) is 8.42 Å². The van der Waals surface area contributed by atoms with Crippen molar-refractivity contribution in [2.24, 2.45) is 0 Å². The maximum Gasteiger partial charge on any atom is 0.263 e. The summed E-state index contributed by atoms with van der Waals surface area (Å²) in [5, 5.41) is 3.46. The molecule has 0 amide bonds. The van der Waals surface area contributed by atoms with Gasteiger partial charge in [0.1, 0.15) is 12.0 Å². The number of hydrogen-bond donors (Lipinski definition) is 2. The van der Waals surface area contributed by atoms with Gasteiger partial charge in [0, 0.05) is 6.07 Å². The molecule has 2 rings (SSSR count). The van der Waals surface area contributed by atoms with Gasteiger partial charge in [0.2, 0.25) is 0 Å². The van der Waals surface area contributed by atoms with Gasteiger partial charge < -0.3 is 15.0 Å². The van der Waals surface area contributed by atoms with Gasteiger partial charge in [0.15, 0.2) is 5.82 Å². The number of sulfonamides is 1. The van der Waals surface area contributed by atoms with Crippen molar-refractivity contribution >= 4 is 21.5 Å². The highest BCUT2D eigenvalue weighted by atomic mass is 32.2. The zero-order chi connectivity index (χ0) is 13.2. The van der Waals surface area contributed by atoms with Crippen LogP contribution in [0.4, 0.5) is 11.5 Å². The first-order valence-electron chi connectivity index (χ1n) is 4.89. The number of methoxy groups -OCH3 is 1. The number of nitrogen functional groups attached to an aromatic ring is 1. The predicted molar refractivity (Wildman–Crippen MR) is 64.7 cm³/mol. The molecule has 96 valence electrons. The van der Waals surface area contributed by atoms with Gasteiger partial charge in [-0.2, -0.15) is 0 Å². The summed E-state index contributed by atoms with van der Waals surface area (Å²) in [6.45, 7) is 0. The van der Waals surface area contributed by atoms with Crippen LogP contribution < -0.4 is 15.2 Å². The number of nitrogens with zero attached hydrogens (tertiary/aromatic N) is 1. The Labute approximate surface area is 104 Å². The van der Waals surface area contributed by atoms with Gasteiger partial charge in [0.25, 0.3) is 10.0 Å². The zero-order valence-electron chi connectivity index (χ0n) is 9.45. The number of rotatable bonds is 4. The molecule has 1 heterocycles. The van der Waals surface area contributed by atoms with Crippen molar-refractivity contribution in [3.63, 3.8) is 0 Å². The molecular weight excluding hydrogens is 258 g/mol. The van der Waals surface area contributed by atoms with Crippen molar-refractivity contribution in [2.75, 3.05) is 17.6 Å². The van der Waals surface area contributed by atoms with Gasteiger partial charge in [-0.3, -0.25) is 4.72 Å². The third-order valence-corrected chi connectivity index (χ3v) is 3.54. The molecule has 1 aromatic heterocycles. The lowest BCUT2D eigenvalue weighted by molar-refractivity contribution is 0.416. The van der Waals surface area contributed by atoms with Crippen molar-refractivity contribution in [2.45, 2.75) is 4.90 Å². The highest BCUT2D eigenvalue weighted by Crippen LogP contribution is 2.25. The summed E-state index contributed by atoms with van der Waals surface area (Å²) in [7, 11) is -2.29. The smallest absolute Gasteiger partial charge is 0.263 e. The minimum absolute atomic E-state index is 0.0174. The molecule has 0 unspecified atom stereocenters. The first-order valence-corrected chi connectivity index (χ1v) is 6.38. The van der Waals surface area contributed by atoms with E-state index in [0.29, 0.717) is 5.75 Å². The first kappa shape index (κ1) is 12.2. The van der Waals surface area contributed by atoms with E-state index in [1.54, 1.807) is 0 Å². The second kappa shape index (κ2) is 4.57. The van der Waals surface area contributed by atoms with Crippen LogP contribution in [0.15, 0.2) is 39.9 Å². The molecule has 0 bridgehead atoms. The van der Waals surface area contributed by atoms with Crippen LogP contribution in [-0.4, -0.2) is 20.7 Å². The SMILES string of the molecule is COc1ccc(S(=O)(=O)Nc2ccon2)cc1N. The molecule has 0 radical (unpaired) electrons. The van der Waals surface area contributed by atoms with Crippen LogP contribution in [0, 0.1) is 0 Å². The highest BCUT2D eigenvalue weighted by Gasteiger charge is 2.17. The topological polar surface area (TPSA) is 107 Å². The van der Waals surface area contributed by atoms with E-state index >= 15 is 0 Å². The molecule has 1 aromatic carbocycles. The molecule has 3 N–H and O–H groups in total. The highest BCUT2D eigenvalue weighted by molar-refractivity contribution is 7.92. The molecule has 18 heavy (non-hydrogen) atoms. The predicted octanol–water partition coefficient (Wildman–Crippen LogP) is 1.07.